The van der Waals surface area contributed by atoms with Crippen molar-refractivity contribution in [1.82, 2.24) is 15.0 Å². The third-order valence-corrected chi connectivity index (χ3v) is 2.29. The number of methoxy groups -OCH3 is 3. The second kappa shape index (κ2) is 8.05. The molecule has 0 radical (unpaired) electrons. The van der Waals surface area contributed by atoms with Crippen LogP contribution in [0.5, 0.6) is 12.0 Å². The number of rotatable bonds is 8. The number of anilines is 1. The van der Waals surface area contributed by atoms with Gasteiger partial charge in [-0.05, 0) is 0 Å². The van der Waals surface area contributed by atoms with Crippen molar-refractivity contribution in [2.24, 2.45) is 0 Å². The van der Waals surface area contributed by atoms with E-state index in [9.17, 15) is 0 Å². The molecule has 0 saturated carbocycles. The molecule has 0 amide bonds. The maximum Gasteiger partial charge on any atom is 0.324 e. The number of nitriles is 1. The van der Waals surface area contributed by atoms with Crippen LogP contribution in [-0.2, 0) is 4.74 Å². The number of ether oxygens (including phenoxy) is 3. The molecule has 1 rings (SSSR count). The first kappa shape index (κ1) is 14.9. The van der Waals surface area contributed by atoms with Crippen LogP contribution in [0.25, 0.3) is 0 Å². The summed E-state index contributed by atoms with van der Waals surface area (Å²) in [6, 6.07) is 2.42. The monoisotopic (exact) mass is 267 g/mol. The molecular formula is C11H17N5O3. The Hall–Kier alpha value is -2.14. The summed E-state index contributed by atoms with van der Waals surface area (Å²) >= 11 is 0. The SMILES string of the molecule is COCCN(CCC#N)c1nc(OC)nc(OC)n1. The minimum atomic E-state index is 0.168. The summed E-state index contributed by atoms with van der Waals surface area (Å²) in [5.41, 5.74) is 0. The summed E-state index contributed by atoms with van der Waals surface area (Å²) in [7, 11) is 4.54. The van der Waals surface area contributed by atoms with E-state index in [0.29, 0.717) is 32.1 Å². The van der Waals surface area contributed by atoms with Gasteiger partial charge in [0, 0.05) is 20.2 Å². The first-order valence-corrected chi connectivity index (χ1v) is 5.70. The van der Waals surface area contributed by atoms with E-state index < -0.39 is 0 Å². The average molecular weight is 267 g/mol. The molecule has 0 unspecified atom stereocenters. The van der Waals surface area contributed by atoms with Crippen molar-refractivity contribution in [1.29, 1.82) is 5.26 Å². The van der Waals surface area contributed by atoms with Crippen LogP contribution in [0.1, 0.15) is 6.42 Å². The Labute approximate surface area is 112 Å². The molecule has 0 aliphatic carbocycles. The molecule has 8 heteroatoms. The summed E-state index contributed by atoms with van der Waals surface area (Å²) in [5, 5.41) is 8.68. The fraction of sp³-hybridized carbons (Fsp3) is 0.636. The molecular weight excluding hydrogens is 250 g/mol. The Kier molecular flexibility index (Phi) is 6.32. The highest BCUT2D eigenvalue weighted by atomic mass is 16.5. The zero-order chi connectivity index (χ0) is 14.1. The van der Waals surface area contributed by atoms with Gasteiger partial charge in [-0.3, -0.25) is 0 Å². The minimum absolute atomic E-state index is 0.168. The Morgan fingerprint density at radius 2 is 1.68 bits per heavy atom. The van der Waals surface area contributed by atoms with E-state index >= 15 is 0 Å². The molecule has 0 aliphatic rings. The van der Waals surface area contributed by atoms with Crippen molar-refractivity contribution in [2.75, 3.05) is 45.9 Å². The summed E-state index contributed by atoms with van der Waals surface area (Å²) in [4.78, 5) is 14.0. The van der Waals surface area contributed by atoms with E-state index in [2.05, 4.69) is 21.0 Å². The van der Waals surface area contributed by atoms with Gasteiger partial charge in [0.2, 0.25) is 5.95 Å². The van der Waals surface area contributed by atoms with Gasteiger partial charge in [-0.25, -0.2) is 0 Å². The maximum atomic E-state index is 8.68. The Morgan fingerprint density at radius 3 is 2.16 bits per heavy atom. The molecule has 8 nitrogen and oxygen atoms in total. The lowest BCUT2D eigenvalue weighted by Crippen LogP contribution is -2.30. The smallest absolute Gasteiger partial charge is 0.324 e. The number of hydrogen-bond donors (Lipinski definition) is 0. The molecule has 0 fully saturated rings. The van der Waals surface area contributed by atoms with Crippen LogP contribution in [0.2, 0.25) is 0 Å². The van der Waals surface area contributed by atoms with Crippen molar-refractivity contribution in [2.45, 2.75) is 6.42 Å². The van der Waals surface area contributed by atoms with Gasteiger partial charge < -0.3 is 19.1 Å². The molecule has 0 spiro atoms. The van der Waals surface area contributed by atoms with Gasteiger partial charge in [0.05, 0.1) is 33.3 Å². The minimum Gasteiger partial charge on any atom is -0.467 e. The Morgan fingerprint density at radius 1 is 1.05 bits per heavy atom. The van der Waals surface area contributed by atoms with Gasteiger partial charge in [-0.1, -0.05) is 0 Å². The van der Waals surface area contributed by atoms with Gasteiger partial charge in [-0.2, -0.15) is 15.2 Å². The first-order valence-electron chi connectivity index (χ1n) is 5.70. The number of hydrogen-bond acceptors (Lipinski definition) is 8. The summed E-state index contributed by atoms with van der Waals surface area (Å²) in [6.07, 6.45) is 0.361. The molecule has 0 saturated heterocycles. The lowest BCUT2D eigenvalue weighted by atomic mass is 10.4. The van der Waals surface area contributed by atoms with Crippen LogP contribution in [-0.4, -0.2) is 56.0 Å². The van der Waals surface area contributed by atoms with Crippen molar-refractivity contribution < 1.29 is 14.2 Å². The normalized spacial score (nSPS) is 9.79. The van der Waals surface area contributed by atoms with Crippen molar-refractivity contribution in [3.05, 3.63) is 0 Å². The molecule has 1 aromatic rings. The molecule has 104 valence electrons. The molecule has 1 aromatic heterocycles. The highest BCUT2D eigenvalue weighted by molar-refractivity contribution is 5.32. The second-order valence-corrected chi connectivity index (χ2v) is 3.50. The maximum absolute atomic E-state index is 8.68. The molecule has 1 heterocycles. The zero-order valence-electron chi connectivity index (χ0n) is 11.3. The predicted molar refractivity (Wildman–Crippen MR) is 67.3 cm³/mol. The fourth-order valence-electron chi connectivity index (χ4n) is 1.35. The van der Waals surface area contributed by atoms with Gasteiger partial charge >= 0.3 is 12.0 Å². The lowest BCUT2D eigenvalue weighted by molar-refractivity contribution is 0.205. The lowest BCUT2D eigenvalue weighted by Gasteiger charge is -2.21. The molecule has 0 aliphatic heterocycles. The number of nitrogens with zero attached hydrogens (tertiary/aromatic N) is 5. The Bertz CT molecular complexity index is 413. The molecule has 0 atom stereocenters. The molecule has 0 bridgehead atoms. The Balaban J connectivity index is 2.95. The first-order chi connectivity index (χ1) is 9.24. The largest absolute Gasteiger partial charge is 0.467 e. The quantitative estimate of drug-likeness (QED) is 0.662. The van der Waals surface area contributed by atoms with Crippen LogP contribution in [0, 0.1) is 11.3 Å². The standard InChI is InChI=1S/C11H17N5O3/c1-17-8-7-16(6-4-5-12)9-13-10(18-2)15-11(14-9)19-3/h4,6-8H2,1-3H3. The van der Waals surface area contributed by atoms with Gasteiger partial charge in [-0.15, -0.1) is 4.98 Å². The number of aromatic nitrogens is 3. The van der Waals surface area contributed by atoms with Gasteiger partial charge in [0.15, 0.2) is 0 Å². The molecule has 0 N–H and O–H groups in total. The fourth-order valence-corrected chi connectivity index (χ4v) is 1.35. The van der Waals surface area contributed by atoms with E-state index in [4.69, 9.17) is 19.5 Å². The van der Waals surface area contributed by atoms with E-state index in [1.807, 2.05) is 4.90 Å². The topological polar surface area (TPSA) is 93.4 Å². The summed E-state index contributed by atoms with van der Waals surface area (Å²) in [5.74, 6) is 0.399. The van der Waals surface area contributed by atoms with Crippen LogP contribution in [0.4, 0.5) is 5.95 Å². The van der Waals surface area contributed by atoms with Crippen LogP contribution in [0.15, 0.2) is 0 Å². The van der Waals surface area contributed by atoms with Crippen LogP contribution in [0.3, 0.4) is 0 Å². The van der Waals surface area contributed by atoms with Gasteiger partial charge in [0.25, 0.3) is 0 Å². The second-order valence-electron chi connectivity index (χ2n) is 3.50. The van der Waals surface area contributed by atoms with Crippen LogP contribution < -0.4 is 14.4 Å². The zero-order valence-corrected chi connectivity index (χ0v) is 11.3. The summed E-state index contributed by atoms with van der Waals surface area (Å²) in [6.45, 7) is 1.56. The van der Waals surface area contributed by atoms with Crippen molar-refractivity contribution >= 4 is 5.95 Å². The van der Waals surface area contributed by atoms with E-state index in [1.165, 1.54) is 14.2 Å². The highest BCUT2D eigenvalue weighted by Gasteiger charge is 2.14. The third-order valence-electron chi connectivity index (χ3n) is 2.29. The third kappa shape index (κ3) is 4.56. The summed E-state index contributed by atoms with van der Waals surface area (Å²) < 4.78 is 15.0. The van der Waals surface area contributed by atoms with Crippen molar-refractivity contribution in [3.8, 4) is 18.1 Å². The van der Waals surface area contributed by atoms with Crippen molar-refractivity contribution in [3.63, 3.8) is 0 Å². The molecule has 0 aromatic carbocycles. The van der Waals surface area contributed by atoms with E-state index in [1.54, 1.807) is 7.11 Å². The van der Waals surface area contributed by atoms with E-state index in [0.717, 1.165) is 0 Å². The van der Waals surface area contributed by atoms with E-state index in [-0.39, 0.29) is 12.0 Å². The average Bonchev–Trinajstić information content (AvgIpc) is 2.46. The molecule has 19 heavy (non-hydrogen) atoms. The van der Waals surface area contributed by atoms with Crippen LogP contribution >= 0.6 is 0 Å². The highest BCUT2D eigenvalue weighted by Crippen LogP contribution is 2.16. The van der Waals surface area contributed by atoms with Gasteiger partial charge in [0.1, 0.15) is 0 Å². The predicted octanol–water partition coefficient (Wildman–Crippen LogP) is 0.255.